The molecule has 0 radical (unpaired) electrons. The fraction of sp³-hybridized carbons (Fsp3) is 0.0741. The van der Waals surface area contributed by atoms with E-state index in [1.54, 1.807) is 19.2 Å². The lowest BCUT2D eigenvalue weighted by atomic mass is 9.83. The summed E-state index contributed by atoms with van der Waals surface area (Å²) in [4.78, 5) is 13.8. The van der Waals surface area contributed by atoms with Gasteiger partial charge >= 0.3 is 6.01 Å². The lowest BCUT2D eigenvalue weighted by Gasteiger charge is -2.35. The Morgan fingerprint density at radius 1 is 1.00 bits per heavy atom. The van der Waals surface area contributed by atoms with Crippen LogP contribution in [0, 0.1) is 0 Å². The molecule has 1 aliphatic heterocycles. The van der Waals surface area contributed by atoms with Crippen LogP contribution in [0.15, 0.2) is 94.0 Å². The third kappa shape index (κ3) is 3.61. The first-order valence-corrected chi connectivity index (χ1v) is 11.0. The number of fused-ring (bicyclic) bond motifs is 2. The topological polar surface area (TPSA) is 102 Å². The first-order valence-electron chi connectivity index (χ1n) is 11.0. The number of rotatable bonds is 5. The molecule has 0 aliphatic carbocycles. The van der Waals surface area contributed by atoms with Crippen LogP contribution in [0.4, 0.5) is 11.7 Å². The molecule has 172 valence electrons. The zero-order valence-electron chi connectivity index (χ0n) is 18.7. The molecule has 0 saturated heterocycles. The molecule has 1 aliphatic rings. The van der Waals surface area contributed by atoms with Crippen molar-refractivity contribution in [1.29, 1.82) is 0 Å². The molecule has 0 fully saturated rings. The van der Waals surface area contributed by atoms with Gasteiger partial charge in [0, 0.05) is 5.69 Å². The highest BCUT2D eigenvalue weighted by Gasteiger charge is 2.41. The fourth-order valence-electron chi connectivity index (χ4n) is 4.22. The predicted octanol–water partition coefficient (Wildman–Crippen LogP) is 5.46. The summed E-state index contributed by atoms with van der Waals surface area (Å²) < 4.78 is 16.3. The number of carbonyl (C=O) groups excluding carboxylic acids is 1. The molecule has 1 unspecified atom stereocenters. The fourth-order valence-corrected chi connectivity index (χ4v) is 4.22. The molecule has 0 spiro atoms. The van der Waals surface area contributed by atoms with Gasteiger partial charge in [-0.15, -0.1) is 5.10 Å². The molecule has 0 saturated carbocycles. The molecule has 3 aromatic carbocycles. The van der Waals surface area contributed by atoms with E-state index in [4.69, 9.17) is 13.6 Å². The number of nitrogens with one attached hydrogen (secondary N) is 2. The van der Waals surface area contributed by atoms with Crippen molar-refractivity contribution in [2.45, 2.75) is 5.54 Å². The Morgan fingerprint density at radius 2 is 1.86 bits per heavy atom. The largest absolute Gasteiger partial charge is 0.497 e. The third-order valence-electron chi connectivity index (χ3n) is 6.04. The van der Waals surface area contributed by atoms with Gasteiger partial charge in [0.05, 0.1) is 13.4 Å². The number of amides is 1. The van der Waals surface area contributed by atoms with Gasteiger partial charge in [-0.1, -0.05) is 47.6 Å². The SMILES string of the molecule is COc1ccc2cc(C3(C(=O)Nc4nnc(-c5ccco5)o4)C=Cc4ccccc4N3)ccc2c1. The second-order valence-corrected chi connectivity index (χ2v) is 8.13. The van der Waals surface area contributed by atoms with E-state index in [2.05, 4.69) is 20.8 Å². The number of anilines is 2. The van der Waals surface area contributed by atoms with Gasteiger partial charge in [0.25, 0.3) is 11.8 Å². The number of hydrogen-bond donors (Lipinski definition) is 2. The molecule has 0 bridgehead atoms. The molecule has 1 atom stereocenters. The van der Waals surface area contributed by atoms with Gasteiger partial charge < -0.3 is 18.9 Å². The molecule has 3 heterocycles. The van der Waals surface area contributed by atoms with E-state index in [0.717, 1.165) is 33.3 Å². The minimum Gasteiger partial charge on any atom is -0.497 e. The molecular weight excluding hydrogens is 444 g/mol. The summed E-state index contributed by atoms with van der Waals surface area (Å²) in [5.41, 5.74) is 1.35. The van der Waals surface area contributed by atoms with Crippen LogP contribution in [-0.4, -0.2) is 23.2 Å². The van der Waals surface area contributed by atoms with Gasteiger partial charge in [-0.05, 0) is 64.4 Å². The Kier molecular flexibility index (Phi) is 4.84. The smallest absolute Gasteiger partial charge is 0.322 e. The molecule has 8 heteroatoms. The average molecular weight is 464 g/mol. The quantitative estimate of drug-likeness (QED) is 0.356. The summed E-state index contributed by atoms with van der Waals surface area (Å²) in [6.45, 7) is 0. The van der Waals surface area contributed by atoms with Gasteiger partial charge in [0.2, 0.25) is 0 Å². The van der Waals surface area contributed by atoms with Crippen LogP contribution in [-0.2, 0) is 10.3 Å². The molecule has 5 aromatic rings. The van der Waals surface area contributed by atoms with E-state index in [1.165, 1.54) is 6.26 Å². The lowest BCUT2D eigenvalue weighted by Crippen LogP contribution is -2.46. The number of aromatic nitrogens is 2. The van der Waals surface area contributed by atoms with E-state index in [1.807, 2.05) is 72.8 Å². The number of hydrogen-bond acceptors (Lipinski definition) is 7. The highest BCUT2D eigenvalue weighted by molar-refractivity contribution is 6.04. The van der Waals surface area contributed by atoms with Crippen molar-refractivity contribution in [3.05, 3.63) is 96.3 Å². The summed E-state index contributed by atoms with van der Waals surface area (Å²) in [5, 5.41) is 16.1. The Bertz CT molecular complexity index is 1570. The molecule has 35 heavy (non-hydrogen) atoms. The van der Waals surface area contributed by atoms with Crippen molar-refractivity contribution < 1.29 is 18.4 Å². The Balaban J connectivity index is 1.41. The van der Waals surface area contributed by atoms with Crippen molar-refractivity contribution in [3.8, 4) is 17.4 Å². The summed E-state index contributed by atoms with van der Waals surface area (Å²) >= 11 is 0. The number of furan rings is 1. The zero-order valence-corrected chi connectivity index (χ0v) is 18.7. The molecule has 2 N–H and O–H groups in total. The van der Waals surface area contributed by atoms with Crippen molar-refractivity contribution in [2.24, 2.45) is 0 Å². The zero-order chi connectivity index (χ0) is 23.8. The van der Waals surface area contributed by atoms with Crippen molar-refractivity contribution in [1.82, 2.24) is 10.2 Å². The number of nitrogens with zero attached hydrogens (tertiary/aromatic N) is 2. The number of methoxy groups -OCH3 is 1. The van der Waals surface area contributed by atoms with Crippen LogP contribution in [0.25, 0.3) is 28.5 Å². The monoisotopic (exact) mass is 464 g/mol. The van der Waals surface area contributed by atoms with E-state index >= 15 is 0 Å². The highest BCUT2D eigenvalue weighted by Crippen LogP contribution is 2.38. The van der Waals surface area contributed by atoms with Gasteiger partial charge in [0.15, 0.2) is 11.3 Å². The maximum absolute atomic E-state index is 13.8. The van der Waals surface area contributed by atoms with E-state index in [9.17, 15) is 4.79 Å². The van der Waals surface area contributed by atoms with Crippen LogP contribution in [0.1, 0.15) is 11.1 Å². The van der Waals surface area contributed by atoms with Gasteiger partial charge in [-0.3, -0.25) is 10.1 Å². The minimum absolute atomic E-state index is 0.0274. The molecule has 2 aromatic heterocycles. The normalized spacial score (nSPS) is 16.5. The number of ether oxygens (including phenoxy) is 1. The number of para-hydroxylation sites is 1. The predicted molar refractivity (Wildman–Crippen MR) is 132 cm³/mol. The van der Waals surface area contributed by atoms with E-state index < -0.39 is 5.54 Å². The number of carbonyl (C=O) groups is 1. The third-order valence-corrected chi connectivity index (χ3v) is 6.04. The van der Waals surface area contributed by atoms with E-state index in [-0.39, 0.29) is 17.8 Å². The second-order valence-electron chi connectivity index (χ2n) is 8.13. The van der Waals surface area contributed by atoms with Crippen LogP contribution >= 0.6 is 0 Å². The Labute approximate surface area is 200 Å². The number of benzene rings is 3. The van der Waals surface area contributed by atoms with Crippen molar-refractivity contribution in [3.63, 3.8) is 0 Å². The maximum atomic E-state index is 13.8. The van der Waals surface area contributed by atoms with E-state index in [0.29, 0.717) is 5.76 Å². The van der Waals surface area contributed by atoms with Crippen molar-refractivity contribution in [2.75, 3.05) is 17.7 Å². The maximum Gasteiger partial charge on any atom is 0.322 e. The second kappa shape index (κ2) is 8.18. The average Bonchev–Trinajstić information content (AvgIpc) is 3.60. The first kappa shape index (κ1) is 20.7. The van der Waals surface area contributed by atoms with Gasteiger partial charge in [0.1, 0.15) is 5.75 Å². The Hall–Kier alpha value is -4.85. The Morgan fingerprint density at radius 3 is 2.71 bits per heavy atom. The van der Waals surface area contributed by atoms with Crippen LogP contribution in [0.5, 0.6) is 5.75 Å². The van der Waals surface area contributed by atoms with Crippen LogP contribution in [0.3, 0.4) is 0 Å². The summed E-state index contributed by atoms with van der Waals surface area (Å²) in [7, 11) is 1.64. The summed E-state index contributed by atoms with van der Waals surface area (Å²) in [6.07, 6.45) is 5.29. The summed E-state index contributed by atoms with van der Waals surface area (Å²) in [6, 6.07) is 22.9. The molecule has 8 nitrogen and oxygen atoms in total. The molecule has 1 amide bonds. The molecular formula is C27H20N4O4. The summed E-state index contributed by atoms with van der Waals surface area (Å²) in [5.74, 6) is 0.996. The standard InChI is InChI=1S/C27H20N4O4/c1-33-21-11-9-18-15-20(10-8-19(18)16-21)27(13-12-17-5-2-3-6-22(17)29-27)25(32)28-26-31-30-24(35-26)23-7-4-14-34-23/h2-16,29H,1H3,(H,28,31,32). The van der Waals surface area contributed by atoms with Gasteiger partial charge in [-0.25, -0.2) is 0 Å². The minimum atomic E-state index is -1.22. The van der Waals surface area contributed by atoms with Crippen molar-refractivity contribution >= 4 is 34.5 Å². The highest BCUT2D eigenvalue weighted by atomic mass is 16.5. The van der Waals surface area contributed by atoms with Crippen LogP contribution in [0.2, 0.25) is 0 Å². The molecule has 6 rings (SSSR count). The van der Waals surface area contributed by atoms with Gasteiger partial charge in [-0.2, -0.15) is 0 Å². The van der Waals surface area contributed by atoms with Crippen LogP contribution < -0.4 is 15.4 Å². The first-order chi connectivity index (χ1) is 17.1. The lowest BCUT2D eigenvalue weighted by molar-refractivity contribution is -0.119.